The Bertz CT molecular complexity index is 625. The van der Waals surface area contributed by atoms with Gasteiger partial charge in [-0.25, -0.2) is 4.39 Å². The molecule has 1 heterocycles. The number of aromatic nitrogens is 2. The molecule has 0 aliphatic carbocycles. The average Bonchev–Trinajstić information content (AvgIpc) is 2.69. The van der Waals surface area contributed by atoms with Gasteiger partial charge < -0.3 is 5.73 Å². The highest BCUT2D eigenvalue weighted by atomic mass is 79.9. The summed E-state index contributed by atoms with van der Waals surface area (Å²) in [6, 6.07) is 4.63. The summed E-state index contributed by atoms with van der Waals surface area (Å²) in [5.74, 6) is -0.294. The molecule has 1 aromatic carbocycles. The van der Waals surface area contributed by atoms with Crippen LogP contribution in [0.1, 0.15) is 29.9 Å². The predicted octanol–water partition coefficient (Wildman–Crippen LogP) is 4.12. The van der Waals surface area contributed by atoms with Gasteiger partial charge in [0.1, 0.15) is 5.82 Å². The molecule has 6 heteroatoms. The van der Waals surface area contributed by atoms with Gasteiger partial charge in [0, 0.05) is 19.0 Å². The van der Waals surface area contributed by atoms with Crippen molar-refractivity contribution in [2.75, 3.05) is 0 Å². The first-order valence-corrected chi connectivity index (χ1v) is 7.95. The molecule has 108 valence electrons. The Morgan fingerprint density at radius 1 is 1.35 bits per heavy atom. The summed E-state index contributed by atoms with van der Waals surface area (Å²) in [6.45, 7) is 4.76. The van der Waals surface area contributed by atoms with Gasteiger partial charge in [-0.15, -0.1) is 0 Å². The molecule has 2 aromatic rings. The van der Waals surface area contributed by atoms with Gasteiger partial charge in [0.2, 0.25) is 0 Å². The molecule has 1 aromatic heterocycles. The predicted molar refractivity (Wildman–Crippen MR) is 85.1 cm³/mol. The maximum atomic E-state index is 13.6. The molecule has 1 atom stereocenters. The average molecular weight is 405 g/mol. The lowest BCUT2D eigenvalue weighted by molar-refractivity contribution is 0.578. The van der Waals surface area contributed by atoms with Crippen molar-refractivity contribution in [1.29, 1.82) is 0 Å². The minimum absolute atomic E-state index is 0.294. The molecule has 0 spiro atoms. The maximum Gasteiger partial charge on any atom is 0.137 e. The Labute approximate surface area is 134 Å². The lowest BCUT2D eigenvalue weighted by atomic mass is 10.0. The summed E-state index contributed by atoms with van der Waals surface area (Å²) in [7, 11) is 0. The number of hydrogen-bond donors (Lipinski definition) is 1. The highest BCUT2D eigenvalue weighted by molar-refractivity contribution is 9.10. The Kier molecular flexibility index (Phi) is 4.99. The van der Waals surface area contributed by atoms with Gasteiger partial charge in [-0.2, -0.15) is 5.10 Å². The molecule has 3 nitrogen and oxygen atoms in total. The first kappa shape index (κ1) is 15.7. The Balaban J connectivity index is 2.32. The Morgan fingerprint density at radius 2 is 2.05 bits per heavy atom. The van der Waals surface area contributed by atoms with E-state index in [0.29, 0.717) is 10.9 Å². The molecular weight excluding hydrogens is 389 g/mol. The SMILES string of the molecule is CCn1nc(C)c(Br)c1CC(N)c1cccc(F)c1Br. The van der Waals surface area contributed by atoms with Crippen LogP contribution in [0.2, 0.25) is 0 Å². The second-order valence-corrected chi connectivity index (χ2v) is 6.20. The third-order valence-corrected chi connectivity index (χ3v) is 5.12. The van der Waals surface area contributed by atoms with Crippen molar-refractivity contribution < 1.29 is 4.39 Å². The van der Waals surface area contributed by atoms with E-state index in [1.165, 1.54) is 6.07 Å². The molecule has 0 saturated carbocycles. The van der Waals surface area contributed by atoms with Crippen LogP contribution in [0, 0.1) is 12.7 Å². The van der Waals surface area contributed by atoms with Crippen molar-refractivity contribution in [1.82, 2.24) is 9.78 Å². The van der Waals surface area contributed by atoms with E-state index >= 15 is 0 Å². The van der Waals surface area contributed by atoms with Crippen molar-refractivity contribution in [3.05, 3.63) is 49.9 Å². The van der Waals surface area contributed by atoms with E-state index in [1.54, 1.807) is 6.07 Å². The monoisotopic (exact) mass is 403 g/mol. The van der Waals surface area contributed by atoms with Crippen LogP contribution in [-0.2, 0) is 13.0 Å². The van der Waals surface area contributed by atoms with Crippen LogP contribution >= 0.6 is 31.9 Å². The first-order chi connectivity index (χ1) is 9.45. The van der Waals surface area contributed by atoms with Gasteiger partial charge in [0.05, 0.1) is 20.3 Å². The molecule has 2 N–H and O–H groups in total. The summed E-state index contributed by atoms with van der Waals surface area (Å²) in [5.41, 5.74) is 8.98. The summed E-state index contributed by atoms with van der Waals surface area (Å²) in [5, 5.41) is 4.44. The van der Waals surface area contributed by atoms with E-state index in [9.17, 15) is 4.39 Å². The molecule has 0 amide bonds. The molecule has 0 aliphatic rings. The van der Waals surface area contributed by atoms with E-state index < -0.39 is 0 Å². The van der Waals surface area contributed by atoms with E-state index in [4.69, 9.17) is 5.73 Å². The summed E-state index contributed by atoms with van der Waals surface area (Å²) < 4.78 is 16.9. The van der Waals surface area contributed by atoms with Crippen molar-refractivity contribution >= 4 is 31.9 Å². The van der Waals surface area contributed by atoms with Crippen LogP contribution in [0.25, 0.3) is 0 Å². The number of nitrogens with zero attached hydrogens (tertiary/aromatic N) is 2. The van der Waals surface area contributed by atoms with Gasteiger partial charge in [-0.1, -0.05) is 12.1 Å². The topological polar surface area (TPSA) is 43.8 Å². The number of aryl methyl sites for hydroxylation is 2. The van der Waals surface area contributed by atoms with E-state index in [1.807, 2.05) is 24.6 Å². The number of rotatable bonds is 4. The van der Waals surface area contributed by atoms with Gasteiger partial charge in [-0.05, 0) is 57.3 Å². The molecule has 0 saturated heterocycles. The van der Waals surface area contributed by atoms with E-state index in [0.717, 1.165) is 28.0 Å². The fraction of sp³-hybridized carbons (Fsp3) is 0.357. The van der Waals surface area contributed by atoms with E-state index in [-0.39, 0.29) is 11.9 Å². The molecule has 0 fully saturated rings. The van der Waals surface area contributed by atoms with Crippen LogP contribution in [0.4, 0.5) is 4.39 Å². The van der Waals surface area contributed by atoms with Crippen molar-refractivity contribution in [2.24, 2.45) is 5.73 Å². The molecule has 0 bridgehead atoms. The normalized spacial score (nSPS) is 12.7. The minimum atomic E-state index is -0.294. The highest BCUT2D eigenvalue weighted by Crippen LogP contribution is 2.30. The smallest absolute Gasteiger partial charge is 0.137 e. The third kappa shape index (κ3) is 2.97. The van der Waals surface area contributed by atoms with Crippen LogP contribution in [0.3, 0.4) is 0 Å². The zero-order valence-electron chi connectivity index (χ0n) is 11.3. The standard InChI is InChI=1S/C14H16Br2FN3/c1-3-20-12(13(15)8(2)19-20)7-11(18)9-5-4-6-10(17)14(9)16/h4-6,11H,3,7,18H2,1-2H3. The third-order valence-electron chi connectivity index (χ3n) is 3.25. The van der Waals surface area contributed by atoms with Gasteiger partial charge in [-0.3, -0.25) is 4.68 Å². The fourth-order valence-electron chi connectivity index (χ4n) is 2.19. The number of benzene rings is 1. The molecule has 2 rings (SSSR count). The quantitative estimate of drug-likeness (QED) is 0.832. The van der Waals surface area contributed by atoms with Crippen molar-refractivity contribution in [2.45, 2.75) is 32.9 Å². The van der Waals surface area contributed by atoms with Gasteiger partial charge >= 0.3 is 0 Å². The van der Waals surface area contributed by atoms with Crippen molar-refractivity contribution in [3.63, 3.8) is 0 Å². The van der Waals surface area contributed by atoms with Gasteiger partial charge in [0.15, 0.2) is 0 Å². The van der Waals surface area contributed by atoms with Gasteiger partial charge in [0.25, 0.3) is 0 Å². The fourth-order valence-corrected chi connectivity index (χ4v) is 3.19. The number of nitrogens with two attached hydrogens (primary N) is 1. The highest BCUT2D eigenvalue weighted by Gasteiger charge is 2.19. The second kappa shape index (κ2) is 6.37. The van der Waals surface area contributed by atoms with Crippen LogP contribution in [0.5, 0.6) is 0 Å². The zero-order valence-corrected chi connectivity index (χ0v) is 14.5. The Morgan fingerprint density at radius 3 is 2.70 bits per heavy atom. The van der Waals surface area contributed by atoms with Crippen LogP contribution in [-0.4, -0.2) is 9.78 Å². The van der Waals surface area contributed by atoms with Crippen molar-refractivity contribution in [3.8, 4) is 0 Å². The molecule has 20 heavy (non-hydrogen) atoms. The largest absolute Gasteiger partial charge is 0.324 e. The molecule has 0 radical (unpaired) electrons. The number of halogens is 3. The zero-order chi connectivity index (χ0) is 14.9. The van der Waals surface area contributed by atoms with Crippen LogP contribution in [0.15, 0.2) is 27.1 Å². The Hall–Kier alpha value is -0.720. The van der Waals surface area contributed by atoms with Crippen LogP contribution < -0.4 is 5.73 Å². The summed E-state index contributed by atoms with van der Waals surface area (Å²) in [6.07, 6.45) is 0.595. The second-order valence-electron chi connectivity index (χ2n) is 4.62. The lowest BCUT2D eigenvalue weighted by Crippen LogP contribution is -2.17. The molecule has 1 unspecified atom stereocenters. The minimum Gasteiger partial charge on any atom is -0.324 e. The van der Waals surface area contributed by atoms with E-state index in [2.05, 4.69) is 37.0 Å². The number of hydrogen-bond acceptors (Lipinski definition) is 2. The first-order valence-electron chi connectivity index (χ1n) is 6.37. The summed E-state index contributed by atoms with van der Waals surface area (Å²) in [4.78, 5) is 0. The summed E-state index contributed by atoms with van der Waals surface area (Å²) >= 11 is 6.82. The molecule has 0 aliphatic heterocycles. The molecular formula is C14H16Br2FN3. The maximum absolute atomic E-state index is 13.6. The lowest BCUT2D eigenvalue weighted by Gasteiger charge is -2.15.